The Bertz CT molecular complexity index is 1340. The van der Waals surface area contributed by atoms with E-state index in [9.17, 15) is 4.79 Å². The number of nitrogens with one attached hydrogen (secondary N) is 1. The number of carboxylic acids is 1. The molecule has 198 valence electrons. The summed E-state index contributed by atoms with van der Waals surface area (Å²) < 4.78 is 2.10. The van der Waals surface area contributed by atoms with Crippen molar-refractivity contribution in [3.05, 3.63) is 65.7 Å². The fourth-order valence-electron chi connectivity index (χ4n) is 5.39. The van der Waals surface area contributed by atoms with E-state index in [1.54, 1.807) is 0 Å². The van der Waals surface area contributed by atoms with E-state index in [-0.39, 0.29) is 6.42 Å². The van der Waals surface area contributed by atoms with Crippen molar-refractivity contribution in [2.75, 3.05) is 0 Å². The highest BCUT2D eigenvalue weighted by Gasteiger charge is 2.28. The molecule has 38 heavy (non-hydrogen) atoms. The Morgan fingerprint density at radius 3 is 2.47 bits per heavy atom. The number of hydrogen-bond acceptors (Lipinski definition) is 6. The van der Waals surface area contributed by atoms with Gasteiger partial charge < -0.3 is 5.11 Å². The van der Waals surface area contributed by atoms with E-state index in [1.165, 1.54) is 5.56 Å². The Hall–Kier alpha value is -3.88. The highest BCUT2D eigenvalue weighted by atomic mass is 16.4. The van der Waals surface area contributed by atoms with Crippen molar-refractivity contribution in [2.45, 2.75) is 77.2 Å². The molecule has 2 N–H and O–H groups in total. The molecule has 0 amide bonds. The van der Waals surface area contributed by atoms with Crippen molar-refractivity contribution in [3.8, 4) is 22.5 Å². The lowest BCUT2D eigenvalue weighted by atomic mass is 9.79. The molecule has 2 aromatic heterocycles. The lowest BCUT2D eigenvalue weighted by Gasteiger charge is -2.27. The topological polar surface area (TPSA) is 122 Å². The third-order valence-electron chi connectivity index (χ3n) is 7.86. The van der Waals surface area contributed by atoms with Gasteiger partial charge >= 0.3 is 5.97 Å². The van der Waals surface area contributed by atoms with Crippen molar-refractivity contribution >= 4 is 5.97 Å². The SMILES string of the molecule is CCC(C)c1nc(C2CCC(CCC(=O)O)CC2)n(Cc2ccc(-c3ccccc3-c3nn[nH]n3)cc2)n1. The molecule has 0 spiro atoms. The summed E-state index contributed by atoms with van der Waals surface area (Å²) in [5, 5.41) is 28.5. The number of carboxylic acid groups (broad SMARTS) is 1. The van der Waals surface area contributed by atoms with Crippen LogP contribution in [0.3, 0.4) is 0 Å². The standard InChI is InChI=1S/C29H35N7O2/c1-3-19(2)27-30-29(23-15-8-20(9-16-23)12-17-26(37)38)36(33-27)18-21-10-13-22(14-11-21)24-6-4-5-7-25(24)28-31-34-35-32-28/h4-7,10-11,13-14,19-20,23H,3,8-9,12,15-18H2,1-2H3,(H,37,38)(H,31,32,34,35). The number of tetrazole rings is 1. The first-order valence-electron chi connectivity index (χ1n) is 13.6. The normalized spacial score (nSPS) is 18.4. The lowest BCUT2D eigenvalue weighted by molar-refractivity contribution is -0.137. The van der Waals surface area contributed by atoms with E-state index in [0.717, 1.165) is 66.9 Å². The first-order valence-corrected chi connectivity index (χ1v) is 13.6. The van der Waals surface area contributed by atoms with E-state index in [2.05, 4.69) is 69.5 Å². The third kappa shape index (κ3) is 5.82. The molecule has 0 saturated heterocycles. The van der Waals surface area contributed by atoms with Crippen molar-refractivity contribution in [3.63, 3.8) is 0 Å². The van der Waals surface area contributed by atoms with Gasteiger partial charge in [-0.1, -0.05) is 62.4 Å². The summed E-state index contributed by atoms with van der Waals surface area (Å²) in [4.78, 5) is 16.0. The predicted octanol–water partition coefficient (Wildman–Crippen LogP) is 5.83. The molecule has 1 fully saturated rings. The van der Waals surface area contributed by atoms with Gasteiger partial charge in [0.2, 0.25) is 5.82 Å². The van der Waals surface area contributed by atoms with Crippen LogP contribution in [0.4, 0.5) is 0 Å². The minimum atomic E-state index is -0.700. The van der Waals surface area contributed by atoms with Crippen LogP contribution in [0, 0.1) is 5.92 Å². The maximum Gasteiger partial charge on any atom is 0.303 e. The largest absolute Gasteiger partial charge is 0.481 e. The van der Waals surface area contributed by atoms with Crippen LogP contribution in [0.1, 0.15) is 87.8 Å². The Kier molecular flexibility index (Phi) is 7.91. The van der Waals surface area contributed by atoms with E-state index in [0.29, 0.717) is 30.1 Å². The summed E-state index contributed by atoms with van der Waals surface area (Å²) >= 11 is 0. The van der Waals surface area contributed by atoms with Gasteiger partial charge in [0.1, 0.15) is 5.82 Å². The molecule has 0 bridgehead atoms. The van der Waals surface area contributed by atoms with Crippen LogP contribution in [-0.2, 0) is 11.3 Å². The third-order valence-corrected chi connectivity index (χ3v) is 7.86. The second kappa shape index (κ2) is 11.7. The van der Waals surface area contributed by atoms with Crippen LogP contribution in [0.5, 0.6) is 0 Å². The molecule has 1 atom stereocenters. The van der Waals surface area contributed by atoms with Crippen molar-refractivity contribution in [1.82, 2.24) is 35.4 Å². The lowest BCUT2D eigenvalue weighted by Crippen LogP contribution is -2.18. The van der Waals surface area contributed by atoms with Gasteiger partial charge in [-0.3, -0.25) is 4.79 Å². The van der Waals surface area contributed by atoms with Crippen LogP contribution in [0.15, 0.2) is 48.5 Å². The Labute approximate surface area is 222 Å². The molecule has 1 aliphatic rings. The smallest absolute Gasteiger partial charge is 0.303 e. The highest BCUT2D eigenvalue weighted by Crippen LogP contribution is 2.37. The molecule has 1 saturated carbocycles. The summed E-state index contributed by atoms with van der Waals surface area (Å²) in [6, 6.07) is 16.6. The molecular weight excluding hydrogens is 478 g/mol. The molecule has 5 rings (SSSR count). The molecule has 0 aliphatic heterocycles. The maximum absolute atomic E-state index is 11.0. The van der Waals surface area contributed by atoms with Gasteiger partial charge in [0, 0.05) is 23.8 Å². The zero-order chi connectivity index (χ0) is 26.5. The number of carbonyl (C=O) groups is 1. The van der Waals surface area contributed by atoms with Gasteiger partial charge in [0.05, 0.1) is 6.54 Å². The second-order valence-electron chi connectivity index (χ2n) is 10.4. The number of rotatable bonds is 10. The molecule has 4 aromatic rings. The minimum Gasteiger partial charge on any atom is -0.481 e. The zero-order valence-corrected chi connectivity index (χ0v) is 22.0. The number of hydrogen-bond donors (Lipinski definition) is 2. The van der Waals surface area contributed by atoms with E-state index >= 15 is 0 Å². The highest BCUT2D eigenvalue weighted by molar-refractivity contribution is 5.80. The van der Waals surface area contributed by atoms with Gasteiger partial charge in [-0.15, -0.1) is 10.2 Å². The fourth-order valence-corrected chi connectivity index (χ4v) is 5.39. The fraction of sp³-hybridized carbons (Fsp3) is 0.448. The first kappa shape index (κ1) is 25.8. The average Bonchev–Trinajstić information content (AvgIpc) is 3.63. The van der Waals surface area contributed by atoms with Crippen LogP contribution >= 0.6 is 0 Å². The van der Waals surface area contributed by atoms with Crippen molar-refractivity contribution in [2.24, 2.45) is 5.92 Å². The molecule has 1 unspecified atom stereocenters. The number of benzene rings is 2. The molecule has 9 heteroatoms. The van der Waals surface area contributed by atoms with Gasteiger partial charge in [-0.05, 0) is 66.3 Å². The first-order chi connectivity index (χ1) is 18.5. The number of aromatic nitrogens is 7. The summed E-state index contributed by atoms with van der Waals surface area (Å²) in [6.07, 6.45) is 6.22. The monoisotopic (exact) mass is 513 g/mol. The summed E-state index contributed by atoms with van der Waals surface area (Å²) in [6.45, 7) is 5.02. The second-order valence-corrected chi connectivity index (χ2v) is 10.4. The minimum absolute atomic E-state index is 0.263. The summed E-state index contributed by atoms with van der Waals surface area (Å²) in [5.41, 5.74) is 4.25. The number of nitrogens with zero attached hydrogens (tertiary/aromatic N) is 6. The predicted molar refractivity (Wildman–Crippen MR) is 144 cm³/mol. The Morgan fingerprint density at radius 2 is 1.82 bits per heavy atom. The quantitative estimate of drug-likeness (QED) is 0.274. The zero-order valence-electron chi connectivity index (χ0n) is 22.0. The van der Waals surface area contributed by atoms with Crippen LogP contribution in [-0.4, -0.2) is 46.5 Å². The van der Waals surface area contributed by atoms with Gasteiger partial charge in [-0.2, -0.15) is 10.3 Å². The van der Waals surface area contributed by atoms with E-state index < -0.39 is 5.97 Å². The van der Waals surface area contributed by atoms with Crippen LogP contribution in [0.2, 0.25) is 0 Å². The average molecular weight is 514 g/mol. The number of aromatic amines is 1. The molecular formula is C29H35N7O2. The van der Waals surface area contributed by atoms with E-state index in [4.69, 9.17) is 15.2 Å². The molecule has 1 aliphatic carbocycles. The maximum atomic E-state index is 11.0. The van der Waals surface area contributed by atoms with Gasteiger partial charge in [0.25, 0.3) is 0 Å². The molecule has 0 radical (unpaired) electrons. The van der Waals surface area contributed by atoms with Gasteiger partial charge in [-0.25, -0.2) is 9.67 Å². The summed E-state index contributed by atoms with van der Waals surface area (Å²) in [7, 11) is 0. The van der Waals surface area contributed by atoms with E-state index in [1.807, 2.05) is 18.2 Å². The Balaban J connectivity index is 1.34. The number of H-pyrrole nitrogens is 1. The molecule has 2 aromatic carbocycles. The van der Waals surface area contributed by atoms with Crippen LogP contribution in [0.25, 0.3) is 22.5 Å². The van der Waals surface area contributed by atoms with Crippen LogP contribution < -0.4 is 0 Å². The summed E-state index contributed by atoms with van der Waals surface area (Å²) in [5.74, 6) is 3.04. The number of aliphatic carboxylic acids is 1. The van der Waals surface area contributed by atoms with Crippen molar-refractivity contribution in [1.29, 1.82) is 0 Å². The van der Waals surface area contributed by atoms with Crippen molar-refractivity contribution < 1.29 is 9.90 Å². The molecule has 9 nitrogen and oxygen atoms in total. The van der Waals surface area contributed by atoms with Gasteiger partial charge in [0.15, 0.2) is 5.82 Å². The Morgan fingerprint density at radius 1 is 1.08 bits per heavy atom. The molecule has 2 heterocycles.